The average molecular weight is 755 g/mol. The monoisotopic (exact) mass is 752 g/mol. The summed E-state index contributed by atoms with van der Waals surface area (Å²) in [5.74, 6) is -2.04. The fourth-order valence-corrected chi connectivity index (χ4v) is 3.30. The van der Waals surface area contributed by atoms with E-state index in [1.54, 1.807) is 41.5 Å². The summed E-state index contributed by atoms with van der Waals surface area (Å²) in [7, 11) is -2.17. The summed E-state index contributed by atoms with van der Waals surface area (Å²) >= 11 is 0. The largest absolute Gasteiger partial charge is 0.631 e. The minimum absolute atomic E-state index is 0. The molecule has 0 aliphatic carbocycles. The molecule has 270 valence electrons. The van der Waals surface area contributed by atoms with Crippen LogP contribution >= 0.6 is 0 Å². The smallest absolute Gasteiger partial charge is 0.481 e. The van der Waals surface area contributed by atoms with E-state index >= 15 is 0 Å². The number of rotatable bonds is 18. The van der Waals surface area contributed by atoms with Gasteiger partial charge in [0.1, 0.15) is 0 Å². The topological polar surface area (TPSA) is 173 Å². The van der Waals surface area contributed by atoms with Crippen LogP contribution in [0.2, 0.25) is 0 Å². The van der Waals surface area contributed by atoms with Crippen molar-refractivity contribution in [2.24, 2.45) is 16.2 Å². The Morgan fingerprint density at radius 3 is 0.721 bits per heavy atom. The van der Waals surface area contributed by atoms with Gasteiger partial charge in [0.15, 0.2) is 0 Å². The molecule has 0 amide bonds. The molecule has 0 saturated heterocycles. The van der Waals surface area contributed by atoms with Crippen LogP contribution in [0.15, 0.2) is 0 Å². The van der Waals surface area contributed by atoms with E-state index in [9.17, 15) is 14.4 Å². The van der Waals surface area contributed by atoms with Crippen molar-refractivity contribution in [3.8, 4) is 0 Å². The third kappa shape index (κ3) is 44.0. The van der Waals surface area contributed by atoms with Crippen molar-refractivity contribution < 1.29 is 94.2 Å². The third-order valence-electron chi connectivity index (χ3n) is 6.70. The van der Waals surface area contributed by atoms with Crippen molar-refractivity contribution in [1.82, 2.24) is 0 Å². The molecule has 0 aliphatic rings. The molecular formula is C30H63BNi3O9. The normalized spacial score (nSPS) is 10.3. The predicted molar refractivity (Wildman–Crippen MR) is 163 cm³/mol. The second-order valence-corrected chi connectivity index (χ2v) is 12.3. The average Bonchev–Trinajstić information content (AvgIpc) is 2.82. The second-order valence-electron chi connectivity index (χ2n) is 12.3. The molecule has 0 heterocycles. The van der Waals surface area contributed by atoms with Crippen LogP contribution in [0, 0.1) is 16.2 Å². The van der Waals surface area contributed by atoms with Gasteiger partial charge in [0.2, 0.25) is 0 Å². The van der Waals surface area contributed by atoms with E-state index in [0.29, 0.717) is 0 Å². The van der Waals surface area contributed by atoms with Crippen LogP contribution in [0.4, 0.5) is 0 Å². The van der Waals surface area contributed by atoms with Crippen LogP contribution in [-0.2, 0) is 63.9 Å². The fraction of sp³-hybridized carbons (Fsp3) is 0.900. The minimum Gasteiger partial charge on any atom is -0.481 e. The molecular weight excluding hydrogens is 691 g/mol. The Morgan fingerprint density at radius 1 is 0.442 bits per heavy atom. The molecule has 0 atom stereocenters. The van der Waals surface area contributed by atoms with E-state index in [-0.39, 0.29) is 49.5 Å². The van der Waals surface area contributed by atoms with Gasteiger partial charge in [-0.3, -0.25) is 14.4 Å². The van der Waals surface area contributed by atoms with E-state index in [2.05, 4.69) is 20.8 Å². The zero-order valence-corrected chi connectivity index (χ0v) is 31.0. The Kier molecular flexibility index (Phi) is 47.1. The second kappa shape index (κ2) is 34.7. The maximum absolute atomic E-state index is 10.7. The van der Waals surface area contributed by atoms with Gasteiger partial charge in [-0.25, -0.2) is 0 Å². The molecule has 6 N–H and O–H groups in total. The number of aliphatic carboxylic acids is 3. The standard InChI is InChI=1S/3C10H20O2.BH3O3.3Ni/c3*1-4-5-6-7-8-10(2,3)9(11)12;2-1(3)4;;;/h3*4-8H2,1-3H3,(H,11,12);2-4H;;;. The molecule has 0 aromatic rings. The number of unbranched alkanes of at least 4 members (excludes halogenated alkanes) is 9. The summed E-state index contributed by atoms with van der Waals surface area (Å²) in [5, 5.41) is 47.9. The molecule has 43 heavy (non-hydrogen) atoms. The Bertz CT molecular complexity index is 565. The van der Waals surface area contributed by atoms with Gasteiger partial charge in [-0.2, -0.15) is 0 Å². The summed E-state index contributed by atoms with van der Waals surface area (Å²) in [6, 6.07) is 0. The maximum atomic E-state index is 10.7. The maximum Gasteiger partial charge on any atom is 0.631 e. The number of hydrogen-bond donors (Lipinski definition) is 6. The quantitative estimate of drug-likeness (QED) is 0.0628. The minimum atomic E-state index is -2.17. The van der Waals surface area contributed by atoms with Crippen LogP contribution in [0.5, 0.6) is 0 Å². The Balaban J connectivity index is -0.0000000822. The predicted octanol–water partition coefficient (Wildman–Crippen LogP) is 7.14. The molecule has 0 aliphatic heterocycles. The van der Waals surface area contributed by atoms with E-state index in [4.69, 9.17) is 30.4 Å². The molecule has 9 nitrogen and oxygen atoms in total. The van der Waals surface area contributed by atoms with Gasteiger partial charge in [0.05, 0.1) is 16.2 Å². The summed E-state index contributed by atoms with van der Waals surface area (Å²) in [5.41, 5.74) is -1.60. The van der Waals surface area contributed by atoms with Gasteiger partial charge in [0.25, 0.3) is 0 Å². The fourth-order valence-electron chi connectivity index (χ4n) is 3.30. The van der Waals surface area contributed by atoms with Gasteiger partial charge in [-0.1, -0.05) is 97.8 Å². The first kappa shape index (κ1) is 58.4. The van der Waals surface area contributed by atoms with Crippen LogP contribution in [0.3, 0.4) is 0 Å². The van der Waals surface area contributed by atoms with Crippen molar-refractivity contribution in [3.63, 3.8) is 0 Å². The number of hydrogen-bond acceptors (Lipinski definition) is 6. The molecule has 0 bridgehead atoms. The van der Waals surface area contributed by atoms with Gasteiger partial charge in [-0.05, 0) is 60.8 Å². The Hall–Kier alpha value is -0.165. The summed E-state index contributed by atoms with van der Waals surface area (Å²) < 4.78 is 0. The van der Waals surface area contributed by atoms with Gasteiger partial charge < -0.3 is 30.4 Å². The first-order valence-electron chi connectivity index (χ1n) is 15.0. The SMILES string of the molecule is CCCCCCC(C)(C)C(=O)O.CCCCCCC(C)(C)C(=O)O.CCCCCCC(C)(C)C(=O)O.OB(O)O.[Ni].[Ni].[Ni]. The molecule has 0 spiro atoms. The van der Waals surface area contributed by atoms with E-state index < -0.39 is 41.5 Å². The molecule has 0 rings (SSSR count). The zero-order chi connectivity index (χ0) is 32.4. The molecule has 0 aromatic carbocycles. The Labute approximate surface area is 293 Å². The van der Waals surface area contributed by atoms with Crippen LogP contribution in [-0.4, -0.2) is 55.6 Å². The van der Waals surface area contributed by atoms with E-state index in [0.717, 1.165) is 57.8 Å². The number of carboxylic acids is 3. The number of carbonyl (C=O) groups is 3. The van der Waals surface area contributed by atoms with Crippen LogP contribution in [0.1, 0.15) is 159 Å². The van der Waals surface area contributed by atoms with Gasteiger partial charge in [0, 0.05) is 49.5 Å². The summed E-state index contributed by atoms with van der Waals surface area (Å²) in [4.78, 5) is 32.1. The molecule has 13 heteroatoms. The van der Waals surface area contributed by atoms with Crippen molar-refractivity contribution in [2.45, 2.75) is 159 Å². The van der Waals surface area contributed by atoms with Crippen molar-refractivity contribution in [2.75, 3.05) is 0 Å². The first-order valence-corrected chi connectivity index (χ1v) is 15.0. The summed E-state index contributed by atoms with van der Waals surface area (Å²) in [6.07, 6.45) is 16.2. The van der Waals surface area contributed by atoms with Crippen LogP contribution < -0.4 is 0 Å². The van der Waals surface area contributed by atoms with Gasteiger partial charge >= 0.3 is 25.2 Å². The van der Waals surface area contributed by atoms with Crippen molar-refractivity contribution >= 4 is 25.2 Å². The summed E-state index contributed by atoms with van der Waals surface area (Å²) in [6.45, 7) is 17.2. The zero-order valence-electron chi connectivity index (χ0n) is 28.0. The van der Waals surface area contributed by atoms with Crippen LogP contribution in [0.25, 0.3) is 0 Å². The van der Waals surface area contributed by atoms with E-state index in [1.165, 1.54) is 38.5 Å². The van der Waals surface area contributed by atoms with E-state index in [1.807, 2.05) is 0 Å². The first-order chi connectivity index (χ1) is 18.2. The third-order valence-corrected chi connectivity index (χ3v) is 6.70. The van der Waals surface area contributed by atoms with Gasteiger partial charge in [-0.15, -0.1) is 0 Å². The number of carboxylic acid groups (broad SMARTS) is 3. The molecule has 0 saturated carbocycles. The molecule has 0 unspecified atom stereocenters. The molecule has 0 radical (unpaired) electrons. The van der Waals surface area contributed by atoms with Crippen molar-refractivity contribution in [3.05, 3.63) is 0 Å². The molecule has 0 fully saturated rings. The van der Waals surface area contributed by atoms with Crippen molar-refractivity contribution in [1.29, 1.82) is 0 Å². The Morgan fingerprint density at radius 2 is 0.605 bits per heavy atom. The molecule has 0 aromatic heterocycles.